The summed E-state index contributed by atoms with van der Waals surface area (Å²) < 4.78 is 6.51. The highest BCUT2D eigenvalue weighted by atomic mass is 79.9. The van der Waals surface area contributed by atoms with Gasteiger partial charge in [0.2, 0.25) is 0 Å². The number of halogens is 1. The molecule has 108 valence electrons. The lowest BCUT2D eigenvalue weighted by Crippen LogP contribution is -2.30. The van der Waals surface area contributed by atoms with Crippen LogP contribution >= 0.6 is 15.9 Å². The van der Waals surface area contributed by atoms with Gasteiger partial charge in [-0.1, -0.05) is 28.1 Å². The largest absolute Gasteiger partial charge is 0.468 e. The minimum atomic E-state index is 0.254. The normalized spacial score (nSPS) is 12.8. The number of hydrogen-bond donors (Lipinski definition) is 1. The first-order valence-corrected chi connectivity index (χ1v) is 7.64. The molecule has 1 aromatic heterocycles. The molecule has 0 aliphatic heterocycles. The van der Waals surface area contributed by atoms with Gasteiger partial charge in [-0.25, -0.2) is 0 Å². The van der Waals surface area contributed by atoms with Gasteiger partial charge in [-0.3, -0.25) is 0 Å². The van der Waals surface area contributed by atoms with Gasteiger partial charge >= 0.3 is 0 Å². The number of nitrogens with one attached hydrogen (secondary N) is 1. The van der Waals surface area contributed by atoms with Crippen molar-refractivity contribution in [2.24, 2.45) is 0 Å². The lowest BCUT2D eigenvalue weighted by molar-refractivity contribution is 0.313. The van der Waals surface area contributed by atoms with Gasteiger partial charge < -0.3 is 14.6 Å². The van der Waals surface area contributed by atoms with Crippen LogP contribution in [0, 0.1) is 0 Å². The summed E-state index contributed by atoms with van der Waals surface area (Å²) in [7, 11) is 2.14. The summed E-state index contributed by atoms with van der Waals surface area (Å²) in [6.45, 7) is 5.01. The van der Waals surface area contributed by atoms with Crippen molar-refractivity contribution >= 4 is 15.9 Å². The van der Waals surface area contributed by atoms with Crippen molar-refractivity contribution in [1.29, 1.82) is 0 Å². The summed E-state index contributed by atoms with van der Waals surface area (Å²) in [6.07, 6.45) is 1.72. The Morgan fingerprint density at radius 1 is 1.30 bits per heavy atom. The quantitative estimate of drug-likeness (QED) is 0.832. The first-order valence-electron chi connectivity index (χ1n) is 6.85. The zero-order chi connectivity index (χ0) is 14.4. The van der Waals surface area contributed by atoms with Crippen molar-refractivity contribution < 1.29 is 4.42 Å². The van der Waals surface area contributed by atoms with Crippen molar-refractivity contribution in [1.82, 2.24) is 10.2 Å². The van der Waals surface area contributed by atoms with Crippen LogP contribution < -0.4 is 5.32 Å². The van der Waals surface area contributed by atoms with Crippen molar-refractivity contribution in [2.45, 2.75) is 19.5 Å². The minimum absolute atomic E-state index is 0.254. The van der Waals surface area contributed by atoms with Crippen LogP contribution in [0.1, 0.15) is 24.3 Å². The molecule has 0 fully saturated rings. The molecule has 0 aliphatic rings. The van der Waals surface area contributed by atoms with E-state index in [0.717, 1.165) is 29.9 Å². The number of benzene rings is 1. The third-order valence-electron chi connectivity index (χ3n) is 3.26. The van der Waals surface area contributed by atoms with Crippen LogP contribution in [0.15, 0.2) is 51.6 Å². The summed E-state index contributed by atoms with van der Waals surface area (Å²) in [5.41, 5.74) is 1.32. The van der Waals surface area contributed by atoms with E-state index in [0.29, 0.717) is 0 Å². The lowest BCUT2D eigenvalue weighted by atomic mass is 10.2. The van der Waals surface area contributed by atoms with Gasteiger partial charge in [0, 0.05) is 24.1 Å². The Kier molecular flexibility index (Phi) is 5.83. The summed E-state index contributed by atoms with van der Waals surface area (Å²) in [5, 5.41) is 3.47. The molecule has 1 heterocycles. The zero-order valence-electron chi connectivity index (χ0n) is 12.0. The number of likely N-dealkylation sites (N-methyl/N-ethyl adjacent to an activating group) is 1. The van der Waals surface area contributed by atoms with Crippen LogP contribution in [-0.4, -0.2) is 25.0 Å². The first-order chi connectivity index (χ1) is 9.65. The second-order valence-electron chi connectivity index (χ2n) is 5.06. The average Bonchev–Trinajstić information content (AvgIpc) is 2.92. The third kappa shape index (κ3) is 4.78. The van der Waals surface area contributed by atoms with Gasteiger partial charge in [-0.15, -0.1) is 0 Å². The molecule has 0 amide bonds. The van der Waals surface area contributed by atoms with E-state index in [1.54, 1.807) is 6.26 Å². The molecule has 3 nitrogen and oxygen atoms in total. The van der Waals surface area contributed by atoms with Gasteiger partial charge in [-0.05, 0) is 43.8 Å². The highest BCUT2D eigenvalue weighted by Gasteiger charge is 2.07. The van der Waals surface area contributed by atoms with E-state index in [-0.39, 0.29) is 6.04 Å². The SMILES string of the molecule is CC(NCCN(C)Cc1cccc(Br)c1)c1ccco1. The summed E-state index contributed by atoms with van der Waals surface area (Å²) in [6, 6.07) is 12.6. The molecule has 0 spiro atoms. The number of furan rings is 1. The summed E-state index contributed by atoms with van der Waals surface area (Å²) in [4.78, 5) is 2.31. The van der Waals surface area contributed by atoms with Gasteiger partial charge in [0.05, 0.1) is 12.3 Å². The maximum Gasteiger partial charge on any atom is 0.120 e. The molecule has 0 saturated carbocycles. The van der Waals surface area contributed by atoms with Crippen LogP contribution in [0.5, 0.6) is 0 Å². The fraction of sp³-hybridized carbons (Fsp3) is 0.375. The predicted molar refractivity (Wildman–Crippen MR) is 85.6 cm³/mol. The van der Waals surface area contributed by atoms with Crippen LogP contribution in [0.25, 0.3) is 0 Å². The highest BCUT2D eigenvalue weighted by Crippen LogP contribution is 2.13. The van der Waals surface area contributed by atoms with Gasteiger partial charge in [0.1, 0.15) is 5.76 Å². The lowest BCUT2D eigenvalue weighted by Gasteiger charge is -2.19. The molecule has 1 N–H and O–H groups in total. The summed E-state index contributed by atoms with van der Waals surface area (Å²) in [5.74, 6) is 0.986. The molecule has 1 atom stereocenters. The Hall–Kier alpha value is -1.10. The van der Waals surface area contributed by atoms with E-state index in [1.807, 2.05) is 12.1 Å². The van der Waals surface area contributed by atoms with E-state index in [1.165, 1.54) is 5.56 Å². The average molecular weight is 337 g/mol. The molecule has 1 unspecified atom stereocenters. The molecule has 0 radical (unpaired) electrons. The van der Waals surface area contributed by atoms with Gasteiger partial charge in [0.25, 0.3) is 0 Å². The van der Waals surface area contributed by atoms with Gasteiger partial charge in [-0.2, -0.15) is 0 Å². The van der Waals surface area contributed by atoms with Crippen LogP contribution in [0.3, 0.4) is 0 Å². The minimum Gasteiger partial charge on any atom is -0.468 e. The Labute approximate surface area is 129 Å². The zero-order valence-corrected chi connectivity index (χ0v) is 13.6. The fourth-order valence-corrected chi connectivity index (χ4v) is 2.58. The molecule has 0 aliphatic carbocycles. The van der Waals surface area contributed by atoms with Crippen LogP contribution in [0.2, 0.25) is 0 Å². The third-order valence-corrected chi connectivity index (χ3v) is 3.75. The maximum atomic E-state index is 5.38. The number of rotatable bonds is 7. The van der Waals surface area contributed by atoms with Crippen molar-refractivity contribution in [3.63, 3.8) is 0 Å². The molecule has 1 aromatic carbocycles. The fourth-order valence-electron chi connectivity index (χ4n) is 2.14. The molecule has 20 heavy (non-hydrogen) atoms. The Morgan fingerprint density at radius 2 is 2.15 bits per heavy atom. The molecular weight excluding hydrogens is 316 g/mol. The van der Waals surface area contributed by atoms with Gasteiger partial charge in [0.15, 0.2) is 0 Å². The van der Waals surface area contributed by atoms with Crippen molar-refractivity contribution in [3.05, 3.63) is 58.5 Å². The second kappa shape index (κ2) is 7.62. The smallest absolute Gasteiger partial charge is 0.120 e. The maximum absolute atomic E-state index is 5.38. The highest BCUT2D eigenvalue weighted by molar-refractivity contribution is 9.10. The van der Waals surface area contributed by atoms with E-state index >= 15 is 0 Å². The number of hydrogen-bond acceptors (Lipinski definition) is 3. The predicted octanol–water partition coefficient (Wildman–Crippen LogP) is 3.82. The first kappa shape index (κ1) is 15.3. The monoisotopic (exact) mass is 336 g/mol. The van der Waals surface area contributed by atoms with Crippen LogP contribution in [0.4, 0.5) is 0 Å². The Bertz CT molecular complexity index is 513. The second-order valence-corrected chi connectivity index (χ2v) is 5.97. The molecule has 2 aromatic rings. The van der Waals surface area contributed by atoms with E-state index < -0.39 is 0 Å². The Balaban J connectivity index is 1.71. The van der Waals surface area contributed by atoms with E-state index in [4.69, 9.17) is 4.42 Å². The standard InChI is InChI=1S/C16H21BrN2O/c1-13(16-7-4-10-20-16)18-8-9-19(2)12-14-5-3-6-15(17)11-14/h3-7,10-11,13,18H,8-9,12H2,1-2H3. The summed E-state index contributed by atoms with van der Waals surface area (Å²) >= 11 is 3.50. The molecule has 0 saturated heterocycles. The molecule has 0 bridgehead atoms. The van der Waals surface area contributed by atoms with E-state index in [2.05, 4.69) is 64.4 Å². The number of nitrogens with zero attached hydrogens (tertiary/aromatic N) is 1. The topological polar surface area (TPSA) is 28.4 Å². The molecular formula is C16H21BrN2O. The van der Waals surface area contributed by atoms with E-state index in [9.17, 15) is 0 Å². The molecule has 4 heteroatoms. The van der Waals surface area contributed by atoms with Crippen LogP contribution in [-0.2, 0) is 6.54 Å². The van der Waals surface area contributed by atoms with Crippen molar-refractivity contribution in [3.8, 4) is 0 Å². The molecule has 2 rings (SSSR count). The van der Waals surface area contributed by atoms with Crippen molar-refractivity contribution in [2.75, 3.05) is 20.1 Å². The Morgan fingerprint density at radius 3 is 2.85 bits per heavy atom.